The van der Waals surface area contributed by atoms with Gasteiger partial charge in [-0.25, -0.2) is 0 Å². The summed E-state index contributed by atoms with van der Waals surface area (Å²) in [7, 11) is 0. The van der Waals surface area contributed by atoms with Crippen LogP contribution in [-0.2, 0) is 16.8 Å². The van der Waals surface area contributed by atoms with Crippen molar-refractivity contribution in [1.82, 2.24) is 9.78 Å². The molecule has 0 fully saturated rings. The Balaban J connectivity index is 2.60. The molecule has 4 heteroatoms. The van der Waals surface area contributed by atoms with Gasteiger partial charge in [0, 0.05) is 17.3 Å². The number of nitrogens with zero attached hydrogens (tertiary/aromatic N) is 2. The summed E-state index contributed by atoms with van der Waals surface area (Å²) in [6, 6.07) is 6.14. The van der Waals surface area contributed by atoms with Crippen molar-refractivity contribution in [3.63, 3.8) is 0 Å². The monoisotopic (exact) mass is 286 g/mol. The summed E-state index contributed by atoms with van der Waals surface area (Å²) in [5.41, 5.74) is 4.64. The molecule has 0 saturated carbocycles. The smallest absolute Gasteiger partial charge is 0.307 e. The summed E-state index contributed by atoms with van der Waals surface area (Å²) < 4.78 is 1.85. The van der Waals surface area contributed by atoms with Gasteiger partial charge in [0.05, 0.1) is 17.7 Å². The Morgan fingerprint density at radius 2 is 1.95 bits per heavy atom. The van der Waals surface area contributed by atoms with Gasteiger partial charge in [-0.15, -0.1) is 0 Å². The van der Waals surface area contributed by atoms with Crippen molar-refractivity contribution in [1.29, 1.82) is 0 Å². The predicted octanol–water partition coefficient (Wildman–Crippen LogP) is 3.55. The lowest BCUT2D eigenvalue weighted by molar-refractivity contribution is -0.136. The van der Waals surface area contributed by atoms with Crippen LogP contribution in [0.15, 0.2) is 24.4 Å². The van der Waals surface area contributed by atoms with E-state index < -0.39 is 5.97 Å². The van der Waals surface area contributed by atoms with E-state index in [2.05, 4.69) is 31.9 Å². The first-order valence-corrected chi connectivity index (χ1v) is 7.07. The molecule has 0 unspecified atom stereocenters. The van der Waals surface area contributed by atoms with E-state index in [0.29, 0.717) is 0 Å². The van der Waals surface area contributed by atoms with Crippen molar-refractivity contribution in [2.24, 2.45) is 0 Å². The molecule has 0 saturated heterocycles. The van der Waals surface area contributed by atoms with Gasteiger partial charge in [-0.05, 0) is 40.2 Å². The van der Waals surface area contributed by atoms with Crippen molar-refractivity contribution < 1.29 is 9.90 Å². The standard InChI is InChI=1S/C17H22N2O2/c1-11-6-7-14(12(2)8-11)16-13(9-15(20)21)10-19(18-16)17(3,4)5/h6-8,10H,9H2,1-5H3,(H,20,21). The Bertz CT molecular complexity index is 679. The lowest BCUT2D eigenvalue weighted by Crippen LogP contribution is -2.22. The van der Waals surface area contributed by atoms with Gasteiger partial charge >= 0.3 is 5.97 Å². The number of rotatable bonds is 3. The first-order valence-electron chi connectivity index (χ1n) is 7.07. The second-order valence-electron chi connectivity index (χ2n) is 6.51. The number of aliphatic carboxylic acids is 1. The summed E-state index contributed by atoms with van der Waals surface area (Å²) in [4.78, 5) is 11.1. The Labute approximate surface area is 125 Å². The van der Waals surface area contributed by atoms with E-state index in [4.69, 9.17) is 5.11 Å². The van der Waals surface area contributed by atoms with Gasteiger partial charge in [0.2, 0.25) is 0 Å². The molecule has 1 aromatic carbocycles. The Morgan fingerprint density at radius 3 is 2.48 bits per heavy atom. The highest BCUT2D eigenvalue weighted by molar-refractivity contribution is 5.76. The third kappa shape index (κ3) is 3.32. The van der Waals surface area contributed by atoms with Crippen LogP contribution in [0.5, 0.6) is 0 Å². The van der Waals surface area contributed by atoms with E-state index in [1.807, 2.05) is 36.9 Å². The molecule has 112 valence electrons. The molecule has 21 heavy (non-hydrogen) atoms. The fraction of sp³-hybridized carbons (Fsp3) is 0.412. The van der Waals surface area contributed by atoms with Gasteiger partial charge in [0.1, 0.15) is 0 Å². The van der Waals surface area contributed by atoms with Crippen LogP contribution in [0.4, 0.5) is 0 Å². The molecule has 0 aliphatic carbocycles. The zero-order chi connectivity index (χ0) is 15.8. The summed E-state index contributed by atoms with van der Waals surface area (Å²) in [5, 5.41) is 13.8. The maximum Gasteiger partial charge on any atom is 0.307 e. The topological polar surface area (TPSA) is 55.1 Å². The molecule has 2 aromatic rings. The van der Waals surface area contributed by atoms with Crippen molar-refractivity contribution in [2.75, 3.05) is 0 Å². The SMILES string of the molecule is Cc1ccc(-c2nn(C(C)(C)C)cc2CC(=O)O)c(C)c1. The highest BCUT2D eigenvalue weighted by Crippen LogP contribution is 2.28. The minimum absolute atomic E-state index is 0.0151. The molecule has 0 spiro atoms. The fourth-order valence-corrected chi connectivity index (χ4v) is 2.35. The third-order valence-electron chi connectivity index (χ3n) is 3.46. The normalized spacial score (nSPS) is 11.7. The van der Waals surface area contributed by atoms with Crippen LogP contribution in [0, 0.1) is 13.8 Å². The van der Waals surface area contributed by atoms with Crippen LogP contribution in [0.1, 0.15) is 37.5 Å². The zero-order valence-electron chi connectivity index (χ0n) is 13.3. The molecule has 4 nitrogen and oxygen atoms in total. The van der Waals surface area contributed by atoms with Crippen LogP contribution >= 0.6 is 0 Å². The number of carboxylic acid groups (broad SMARTS) is 1. The Kier molecular flexibility index (Phi) is 3.90. The van der Waals surface area contributed by atoms with Gasteiger partial charge in [0.15, 0.2) is 0 Å². The number of benzene rings is 1. The molecule has 0 aliphatic heterocycles. The van der Waals surface area contributed by atoms with E-state index in [0.717, 1.165) is 22.4 Å². The first kappa shape index (κ1) is 15.3. The molecule has 0 bridgehead atoms. The molecule has 0 aliphatic rings. The highest BCUT2D eigenvalue weighted by Gasteiger charge is 2.21. The highest BCUT2D eigenvalue weighted by atomic mass is 16.4. The molecule has 2 rings (SSSR count). The van der Waals surface area contributed by atoms with Crippen LogP contribution in [0.3, 0.4) is 0 Å². The number of hydrogen-bond acceptors (Lipinski definition) is 2. The lowest BCUT2D eigenvalue weighted by atomic mass is 10.00. The summed E-state index contributed by atoms with van der Waals surface area (Å²) >= 11 is 0. The number of carbonyl (C=O) groups is 1. The predicted molar refractivity (Wildman–Crippen MR) is 83.5 cm³/mol. The van der Waals surface area contributed by atoms with E-state index in [9.17, 15) is 4.79 Å². The zero-order valence-corrected chi connectivity index (χ0v) is 13.3. The van der Waals surface area contributed by atoms with Crippen LogP contribution in [-0.4, -0.2) is 20.9 Å². The minimum atomic E-state index is -0.838. The molecule has 0 radical (unpaired) electrons. The number of aromatic nitrogens is 2. The van der Waals surface area contributed by atoms with Gasteiger partial charge in [-0.3, -0.25) is 9.48 Å². The largest absolute Gasteiger partial charge is 0.481 e. The van der Waals surface area contributed by atoms with E-state index >= 15 is 0 Å². The van der Waals surface area contributed by atoms with Crippen LogP contribution in [0.2, 0.25) is 0 Å². The average molecular weight is 286 g/mol. The van der Waals surface area contributed by atoms with E-state index in [-0.39, 0.29) is 12.0 Å². The summed E-state index contributed by atoms with van der Waals surface area (Å²) in [5.74, 6) is -0.838. The molecule has 0 amide bonds. The molecule has 1 N–H and O–H groups in total. The molecular formula is C17H22N2O2. The first-order chi connectivity index (χ1) is 9.68. The van der Waals surface area contributed by atoms with Gasteiger partial charge in [-0.1, -0.05) is 23.8 Å². The summed E-state index contributed by atoms with van der Waals surface area (Å²) in [6.45, 7) is 10.2. The second kappa shape index (κ2) is 5.35. The van der Waals surface area contributed by atoms with Crippen molar-refractivity contribution >= 4 is 5.97 Å². The molecule has 1 aromatic heterocycles. The minimum Gasteiger partial charge on any atom is -0.481 e. The fourth-order valence-electron chi connectivity index (χ4n) is 2.35. The van der Waals surface area contributed by atoms with Crippen molar-refractivity contribution in [2.45, 2.75) is 46.6 Å². The van der Waals surface area contributed by atoms with Crippen LogP contribution in [0.25, 0.3) is 11.3 Å². The number of carboxylic acids is 1. The van der Waals surface area contributed by atoms with Gasteiger partial charge < -0.3 is 5.11 Å². The lowest BCUT2D eigenvalue weighted by Gasteiger charge is -2.19. The quantitative estimate of drug-likeness (QED) is 0.938. The molecule has 1 heterocycles. The van der Waals surface area contributed by atoms with E-state index in [1.54, 1.807) is 0 Å². The second-order valence-corrected chi connectivity index (χ2v) is 6.51. The van der Waals surface area contributed by atoms with Crippen molar-refractivity contribution in [3.05, 3.63) is 41.1 Å². The maximum atomic E-state index is 11.1. The molecular weight excluding hydrogens is 264 g/mol. The third-order valence-corrected chi connectivity index (χ3v) is 3.46. The van der Waals surface area contributed by atoms with Crippen LogP contribution < -0.4 is 0 Å². The number of hydrogen-bond donors (Lipinski definition) is 1. The van der Waals surface area contributed by atoms with Gasteiger partial charge in [-0.2, -0.15) is 5.10 Å². The summed E-state index contributed by atoms with van der Waals surface area (Å²) in [6.07, 6.45) is 1.83. The average Bonchev–Trinajstić information content (AvgIpc) is 2.71. The van der Waals surface area contributed by atoms with Gasteiger partial charge in [0.25, 0.3) is 0 Å². The molecule has 0 atom stereocenters. The maximum absolute atomic E-state index is 11.1. The Hall–Kier alpha value is -2.10. The van der Waals surface area contributed by atoms with E-state index in [1.165, 1.54) is 5.56 Å². The number of aryl methyl sites for hydroxylation is 2. The Morgan fingerprint density at radius 1 is 1.29 bits per heavy atom. The van der Waals surface area contributed by atoms with Crippen molar-refractivity contribution in [3.8, 4) is 11.3 Å².